The smallest absolute Gasteiger partial charge is 0.0894 e. The lowest BCUT2D eigenvalue weighted by molar-refractivity contribution is 0.144. The Bertz CT molecular complexity index is 256. The second-order valence-corrected chi connectivity index (χ2v) is 6.80. The maximum absolute atomic E-state index is 9.55. The van der Waals surface area contributed by atoms with Gasteiger partial charge in [-0.25, -0.2) is 0 Å². The third-order valence-electron chi connectivity index (χ3n) is 4.46. The summed E-state index contributed by atoms with van der Waals surface area (Å²) in [6.45, 7) is 2.09. The molecule has 4 N–H and O–H groups in total. The molecule has 0 fully saturated rings. The van der Waals surface area contributed by atoms with Gasteiger partial charge in [-0.05, 0) is 12.8 Å². The van der Waals surface area contributed by atoms with E-state index in [1.54, 1.807) is 6.08 Å². The summed E-state index contributed by atoms with van der Waals surface area (Å²) < 4.78 is 0. The molecule has 0 aliphatic carbocycles. The number of rotatable bonds is 17. The number of unbranched alkanes of at least 4 members (excludes halogenated alkanes) is 13. The van der Waals surface area contributed by atoms with Crippen LogP contribution in [0.4, 0.5) is 0 Å². The first kappa shape index (κ1) is 22.6. The summed E-state index contributed by atoms with van der Waals surface area (Å²) in [6.07, 6.45) is 21.7. The van der Waals surface area contributed by atoms with Gasteiger partial charge < -0.3 is 15.9 Å². The Morgan fingerprint density at radius 3 is 1.65 bits per heavy atom. The second-order valence-electron chi connectivity index (χ2n) is 6.80. The highest BCUT2D eigenvalue weighted by atomic mass is 16.3. The zero-order valence-corrected chi connectivity index (χ0v) is 15.4. The summed E-state index contributed by atoms with van der Waals surface area (Å²) in [6, 6.07) is -0.558. The minimum Gasteiger partial charge on any atom is -0.395 e. The van der Waals surface area contributed by atoms with Crippen LogP contribution in [0.25, 0.3) is 0 Å². The van der Waals surface area contributed by atoms with Gasteiger partial charge in [-0.1, -0.05) is 96.1 Å². The van der Waals surface area contributed by atoms with Crippen molar-refractivity contribution < 1.29 is 10.2 Å². The molecule has 23 heavy (non-hydrogen) atoms. The lowest BCUT2D eigenvalue weighted by atomic mass is 10.0. The molecular formula is C20H41NO2. The van der Waals surface area contributed by atoms with Gasteiger partial charge in [-0.3, -0.25) is 0 Å². The minimum atomic E-state index is -0.720. The minimum absolute atomic E-state index is 0.176. The molecule has 0 aromatic rings. The first-order chi connectivity index (χ1) is 11.2. The van der Waals surface area contributed by atoms with E-state index in [0.717, 1.165) is 6.42 Å². The van der Waals surface area contributed by atoms with E-state index < -0.39 is 12.1 Å². The molecule has 0 rings (SSSR count). The van der Waals surface area contributed by atoms with Crippen LogP contribution in [0.15, 0.2) is 12.2 Å². The van der Waals surface area contributed by atoms with Crippen molar-refractivity contribution in [3.63, 3.8) is 0 Å². The molecule has 3 heteroatoms. The van der Waals surface area contributed by atoms with Crippen molar-refractivity contribution >= 4 is 0 Å². The number of aliphatic hydroxyl groups excluding tert-OH is 2. The Labute approximate surface area is 144 Å². The summed E-state index contributed by atoms with van der Waals surface area (Å²) in [4.78, 5) is 0. The number of allylic oxidation sites excluding steroid dienone is 1. The van der Waals surface area contributed by atoms with Crippen LogP contribution in [-0.4, -0.2) is 29.0 Å². The van der Waals surface area contributed by atoms with Crippen LogP contribution in [0.1, 0.15) is 96.8 Å². The molecule has 0 unspecified atom stereocenters. The zero-order valence-electron chi connectivity index (χ0n) is 15.4. The van der Waals surface area contributed by atoms with Crippen LogP contribution in [0.2, 0.25) is 0 Å². The van der Waals surface area contributed by atoms with Gasteiger partial charge in [0.2, 0.25) is 0 Å². The molecule has 0 radical (unpaired) electrons. The Balaban J connectivity index is 3.17. The summed E-state index contributed by atoms with van der Waals surface area (Å²) in [7, 11) is 0. The van der Waals surface area contributed by atoms with Gasteiger partial charge in [0, 0.05) is 0 Å². The third-order valence-corrected chi connectivity index (χ3v) is 4.46. The topological polar surface area (TPSA) is 66.5 Å². The van der Waals surface area contributed by atoms with Crippen LogP contribution >= 0.6 is 0 Å². The molecule has 0 saturated carbocycles. The molecule has 0 heterocycles. The Morgan fingerprint density at radius 1 is 0.783 bits per heavy atom. The maximum Gasteiger partial charge on any atom is 0.0894 e. The summed E-state index contributed by atoms with van der Waals surface area (Å²) in [5.74, 6) is 0. The normalized spacial score (nSPS) is 14.4. The highest BCUT2D eigenvalue weighted by molar-refractivity contribution is 4.93. The number of nitrogens with two attached hydrogens (primary N) is 1. The molecular weight excluding hydrogens is 286 g/mol. The van der Waals surface area contributed by atoms with Gasteiger partial charge in [-0.15, -0.1) is 0 Å². The van der Waals surface area contributed by atoms with Crippen LogP contribution in [-0.2, 0) is 0 Å². The Kier molecular flexibility index (Phi) is 17.7. The lowest BCUT2D eigenvalue weighted by Gasteiger charge is -2.11. The van der Waals surface area contributed by atoms with Crippen molar-refractivity contribution in [2.75, 3.05) is 6.61 Å². The molecule has 0 bridgehead atoms. The third kappa shape index (κ3) is 16.3. The molecule has 0 saturated heterocycles. The van der Waals surface area contributed by atoms with Crippen LogP contribution < -0.4 is 5.73 Å². The van der Waals surface area contributed by atoms with Gasteiger partial charge >= 0.3 is 0 Å². The van der Waals surface area contributed by atoms with E-state index in [1.807, 2.05) is 6.08 Å². The fraction of sp³-hybridized carbons (Fsp3) is 0.900. The average Bonchev–Trinajstić information content (AvgIpc) is 2.57. The van der Waals surface area contributed by atoms with Crippen molar-refractivity contribution in [2.45, 2.75) is 109 Å². The molecule has 0 aromatic heterocycles. The van der Waals surface area contributed by atoms with E-state index in [4.69, 9.17) is 10.8 Å². The first-order valence-electron chi connectivity index (χ1n) is 9.93. The van der Waals surface area contributed by atoms with Gasteiger partial charge in [0.1, 0.15) is 0 Å². The second kappa shape index (κ2) is 18.0. The van der Waals surface area contributed by atoms with E-state index in [1.165, 1.54) is 83.5 Å². The van der Waals surface area contributed by atoms with E-state index in [9.17, 15) is 5.11 Å². The SMILES string of the molecule is CCCCCCCCCCCCCCC/C=C/[C@@H](O)[C@@H](N)CO. The Morgan fingerprint density at radius 2 is 1.22 bits per heavy atom. The van der Waals surface area contributed by atoms with Gasteiger partial charge in [0.05, 0.1) is 18.8 Å². The first-order valence-corrected chi connectivity index (χ1v) is 9.93. The van der Waals surface area contributed by atoms with Crippen molar-refractivity contribution in [3.05, 3.63) is 12.2 Å². The highest BCUT2D eigenvalue weighted by Crippen LogP contribution is 2.13. The number of hydrogen-bond acceptors (Lipinski definition) is 3. The van der Waals surface area contributed by atoms with E-state index >= 15 is 0 Å². The molecule has 0 aliphatic heterocycles. The van der Waals surface area contributed by atoms with Crippen molar-refractivity contribution in [1.82, 2.24) is 0 Å². The highest BCUT2D eigenvalue weighted by Gasteiger charge is 2.08. The van der Waals surface area contributed by atoms with Gasteiger partial charge in [0.15, 0.2) is 0 Å². The zero-order chi connectivity index (χ0) is 17.2. The van der Waals surface area contributed by atoms with Gasteiger partial charge in [0.25, 0.3) is 0 Å². The molecule has 138 valence electrons. The van der Waals surface area contributed by atoms with E-state index in [0.29, 0.717) is 0 Å². The van der Waals surface area contributed by atoms with Crippen LogP contribution in [0.5, 0.6) is 0 Å². The van der Waals surface area contributed by atoms with E-state index in [2.05, 4.69) is 6.92 Å². The molecule has 3 nitrogen and oxygen atoms in total. The fourth-order valence-electron chi connectivity index (χ4n) is 2.77. The molecule has 0 aliphatic rings. The quantitative estimate of drug-likeness (QED) is 0.268. The number of hydrogen-bond donors (Lipinski definition) is 3. The average molecular weight is 328 g/mol. The fourth-order valence-corrected chi connectivity index (χ4v) is 2.77. The van der Waals surface area contributed by atoms with E-state index in [-0.39, 0.29) is 6.61 Å². The van der Waals surface area contributed by atoms with Crippen molar-refractivity contribution in [2.24, 2.45) is 5.73 Å². The van der Waals surface area contributed by atoms with Crippen molar-refractivity contribution in [1.29, 1.82) is 0 Å². The standard InChI is InChI=1S/C20H41NO2/c1-2-3-4-5-6-7-8-9-10-11-12-13-14-15-16-17-20(23)19(21)18-22/h16-17,19-20,22-23H,2-15,18,21H2,1H3/b17-16+/t19-,20+/m0/s1. The Hall–Kier alpha value is -0.380. The molecule has 0 spiro atoms. The monoisotopic (exact) mass is 327 g/mol. The summed E-state index contributed by atoms with van der Waals surface area (Å²) in [5.41, 5.74) is 5.53. The molecule has 2 atom stereocenters. The predicted octanol–water partition coefficient (Wildman–Crippen LogP) is 4.70. The summed E-state index contributed by atoms with van der Waals surface area (Å²) in [5, 5.41) is 18.4. The van der Waals surface area contributed by atoms with Gasteiger partial charge in [-0.2, -0.15) is 0 Å². The number of aliphatic hydroxyl groups is 2. The molecule has 0 aromatic carbocycles. The lowest BCUT2D eigenvalue weighted by Crippen LogP contribution is -2.36. The predicted molar refractivity (Wildman–Crippen MR) is 101 cm³/mol. The maximum atomic E-state index is 9.55. The van der Waals surface area contributed by atoms with Crippen molar-refractivity contribution in [3.8, 4) is 0 Å². The molecule has 0 amide bonds. The largest absolute Gasteiger partial charge is 0.395 e. The van der Waals surface area contributed by atoms with Crippen LogP contribution in [0, 0.1) is 0 Å². The van der Waals surface area contributed by atoms with Crippen LogP contribution in [0.3, 0.4) is 0 Å². The summed E-state index contributed by atoms with van der Waals surface area (Å²) >= 11 is 0.